The third-order valence-corrected chi connectivity index (χ3v) is 4.84. The van der Waals surface area contributed by atoms with Crippen LogP contribution in [0.25, 0.3) is 0 Å². The number of likely N-dealkylation sites (tertiary alicyclic amines) is 1. The Bertz CT molecular complexity index is 764. The number of hydrogen-bond acceptors (Lipinski definition) is 3. The van der Waals surface area contributed by atoms with E-state index in [0.29, 0.717) is 11.3 Å². The van der Waals surface area contributed by atoms with E-state index in [2.05, 4.69) is 9.97 Å². The molecule has 1 N–H and O–H groups in total. The predicted octanol–water partition coefficient (Wildman–Crippen LogP) is 3.60. The molecule has 126 valence electrons. The van der Waals surface area contributed by atoms with E-state index < -0.39 is 0 Å². The summed E-state index contributed by atoms with van der Waals surface area (Å²) in [5.41, 5.74) is 3.75. The lowest BCUT2D eigenvalue weighted by Crippen LogP contribution is -2.39. The summed E-state index contributed by atoms with van der Waals surface area (Å²) in [6.45, 7) is 5.95. The Labute approximate surface area is 142 Å². The highest BCUT2D eigenvalue weighted by atomic mass is 16.2. The third-order valence-electron chi connectivity index (χ3n) is 4.84. The van der Waals surface area contributed by atoms with Gasteiger partial charge in [-0.05, 0) is 50.3 Å². The summed E-state index contributed by atoms with van der Waals surface area (Å²) in [6.07, 6.45) is 6.64. The molecule has 24 heavy (non-hydrogen) atoms. The lowest BCUT2D eigenvalue weighted by atomic mass is 9.95. The van der Waals surface area contributed by atoms with Crippen LogP contribution >= 0.6 is 0 Å². The zero-order valence-corrected chi connectivity index (χ0v) is 14.4. The number of rotatable bonds is 3. The molecule has 1 saturated heterocycles. The predicted molar refractivity (Wildman–Crippen MR) is 92.1 cm³/mol. The second-order valence-corrected chi connectivity index (χ2v) is 6.48. The molecular formula is C19H23N3O2. The van der Waals surface area contributed by atoms with Crippen LogP contribution in [0.4, 0.5) is 0 Å². The van der Waals surface area contributed by atoms with E-state index in [1.165, 1.54) is 6.92 Å². The molecule has 1 amide bonds. The van der Waals surface area contributed by atoms with Gasteiger partial charge in [0, 0.05) is 31.6 Å². The number of carbonyl (C=O) groups excluding carboxylic acids is 2. The first-order valence-corrected chi connectivity index (χ1v) is 8.41. The number of amides is 1. The summed E-state index contributed by atoms with van der Waals surface area (Å²) in [4.78, 5) is 34.2. The monoisotopic (exact) mass is 325 g/mol. The van der Waals surface area contributed by atoms with Crippen molar-refractivity contribution in [2.24, 2.45) is 0 Å². The largest absolute Gasteiger partial charge is 0.355 e. The quantitative estimate of drug-likeness (QED) is 0.877. The van der Waals surface area contributed by atoms with Gasteiger partial charge in [-0.1, -0.05) is 6.07 Å². The van der Waals surface area contributed by atoms with Crippen LogP contribution < -0.4 is 0 Å². The van der Waals surface area contributed by atoms with Crippen molar-refractivity contribution >= 4 is 11.7 Å². The molecule has 5 nitrogen and oxygen atoms in total. The van der Waals surface area contributed by atoms with Gasteiger partial charge in [0.25, 0.3) is 5.91 Å². The van der Waals surface area contributed by atoms with Crippen molar-refractivity contribution in [2.75, 3.05) is 6.54 Å². The highest BCUT2D eigenvalue weighted by Crippen LogP contribution is 2.33. The number of aromatic nitrogens is 2. The van der Waals surface area contributed by atoms with Gasteiger partial charge in [0.15, 0.2) is 5.78 Å². The Kier molecular flexibility index (Phi) is 4.51. The normalized spacial score (nSPS) is 17.8. The van der Waals surface area contributed by atoms with E-state index in [1.807, 2.05) is 37.1 Å². The van der Waals surface area contributed by atoms with Gasteiger partial charge < -0.3 is 9.88 Å². The van der Waals surface area contributed by atoms with Gasteiger partial charge in [-0.25, -0.2) is 0 Å². The van der Waals surface area contributed by atoms with Crippen molar-refractivity contribution in [2.45, 2.75) is 46.1 Å². The molecule has 1 fully saturated rings. The SMILES string of the molecule is CC(=O)c1[nH]c(C)c(C(=O)N2CCCC[C@H]2c2cccnc2)c1C. The molecule has 2 aromatic rings. The fourth-order valence-electron chi connectivity index (χ4n) is 3.66. The van der Waals surface area contributed by atoms with E-state index in [1.54, 1.807) is 6.20 Å². The fraction of sp³-hybridized carbons (Fsp3) is 0.421. The average Bonchev–Trinajstić information content (AvgIpc) is 2.90. The third kappa shape index (κ3) is 2.86. The summed E-state index contributed by atoms with van der Waals surface area (Å²) in [5.74, 6) is -0.0422. The Morgan fingerprint density at radius 2 is 2.08 bits per heavy atom. The minimum atomic E-state index is -0.0443. The maximum atomic E-state index is 13.2. The number of piperidine rings is 1. The molecule has 3 rings (SSSR count). The molecular weight excluding hydrogens is 302 g/mol. The zero-order valence-electron chi connectivity index (χ0n) is 14.4. The summed E-state index contributed by atoms with van der Waals surface area (Å²) in [6, 6.07) is 3.99. The van der Waals surface area contributed by atoms with E-state index in [4.69, 9.17) is 0 Å². The number of nitrogens with one attached hydrogen (secondary N) is 1. The average molecular weight is 325 g/mol. The summed E-state index contributed by atoms with van der Waals surface area (Å²) >= 11 is 0. The molecule has 0 aromatic carbocycles. The van der Waals surface area contributed by atoms with Gasteiger partial charge in [-0.3, -0.25) is 14.6 Å². The van der Waals surface area contributed by atoms with E-state index >= 15 is 0 Å². The second-order valence-electron chi connectivity index (χ2n) is 6.48. The minimum Gasteiger partial charge on any atom is -0.355 e. The van der Waals surface area contributed by atoms with E-state index in [-0.39, 0.29) is 17.7 Å². The Hall–Kier alpha value is -2.43. The molecule has 2 aromatic heterocycles. The van der Waals surface area contributed by atoms with Crippen molar-refractivity contribution in [3.63, 3.8) is 0 Å². The molecule has 3 heterocycles. The number of aryl methyl sites for hydroxylation is 1. The number of carbonyl (C=O) groups is 2. The molecule has 0 aliphatic carbocycles. The van der Waals surface area contributed by atoms with Crippen LogP contribution in [0.1, 0.15) is 69.9 Å². The standard InChI is InChI=1S/C19H23N3O2/c1-12-17(13(2)21-18(12)14(3)23)19(24)22-10-5-4-8-16(22)15-7-6-9-20-11-15/h6-7,9,11,16,21H,4-5,8,10H2,1-3H3/t16-/m0/s1. The first-order valence-electron chi connectivity index (χ1n) is 8.41. The van der Waals surface area contributed by atoms with Crippen molar-refractivity contribution < 1.29 is 9.59 Å². The number of H-pyrrole nitrogens is 1. The van der Waals surface area contributed by atoms with Gasteiger partial charge in [-0.15, -0.1) is 0 Å². The molecule has 0 spiro atoms. The molecule has 5 heteroatoms. The smallest absolute Gasteiger partial charge is 0.256 e. The fourth-order valence-corrected chi connectivity index (χ4v) is 3.66. The molecule has 1 aliphatic heterocycles. The molecule has 1 aliphatic rings. The van der Waals surface area contributed by atoms with E-state index in [9.17, 15) is 9.59 Å². The number of hydrogen-bond donors (Lipinski definition) is 1. The van der Waals surface area contributed by atoms with Crippen molar-refractivity contribution in [1.29, 1.82) is 0 Å². The second kappa shape index (κ2) is 6.59. The number of aromatic amines is 1. The topological polar surface area (TPSA) is 66.1 Å². The number of pyridine rings is 1. The van der Waals surface area contributed by atoms with Crippen molar-refractivity contribution in [3.05, 3.63) is 52.6 Å². The van der Waals surface area contributed by atoms with Crippen molar-refractivity contribution in [3.8, 4) is 0 Å². The van der Waals surface area contributed by atoms with Crippen LogP contribution in [0.2, 0.25) is 0 Å². The first-order chi connectivity index (χ1) is 11.5. The highest BCUT2D eigenvalue weighted by molar-refractivity contribution is 6.02. The number of Topliss-reactive ketones (excluding diaryl/α,β-unsaturated/α-hetero) is 1. The van der Waals surface area contributed by atoms with Gasteiger partial charge in [0.2, 0.25) is 0 Å². The van der Waals surface area contributed by atoms with Crippen LogP contribution in [0, 0.1) is 13.8 Å². The van der Waals surface area contributed by atoms with Gasteiger partial charge in [0.1, 0.15) is 0 Å². The molecule has 1 atom stereocenters. The van der Waals surface area contributed by atoms with Gasteiger partial charge in [0.05, 0.1) is 17.3 Å². The highest BCUT2D eigenvalue weighted by Gasteiger charge is 2.31. The minimum absolute atomic E-state index is 0.00213. The van der Waals surface area contributed by atoms with Gasteiger partial charge in [-0.2, -0.15) is 0 Å². The van der Waals surface area contributed by atoms with E-state index in [0.717, 1.165) is 42.6 Å². The van der Waals surface area contributed by atoms with Crippen molar-refractivity contribution in [1.82, 2.24) is 14.9 Å². The number of ketones is 1. The maximum absolute atomic E-state index is 13.2. The zero-order chi connectivity index (χ0) is 17.3. The number of nitrogens with zero attached hydrogens (tertiary/aromatic N) is 2. The Balaban J connectivity index is 1.97. The van der Waals surface area contributed by atoms with Crippen LogP contribution in [0.5, 0.6) is 0 Å². The van der Waals surface area contributed by atoms with Crippen LogP contribution in [-0.2, 0) is 0 Å². The molecule has 0 saturated carbocycles. The first kappa shape index (κ1) is 16.4. The lowest BCUT2D eigenvalue weighted by Gasteiger charge is -2.36. The Morgan fingerprint density at radius 1 is 1.29 bits per heavy atom. The summed E-state index contributed by atoms with van der Waals surface area (Å²) in [5, 5.41) is 0. The molecule has 0 unspecified atom stereocenters. The van der Waals surface area contributed by atoms with Crippen LogP contribution in [-0.4, -0.2) is 33.1 Å². The Morgan fingerprint density at radius 3 is 2.71 bits per heavy atom. The summed E-state index contributed by atoms with van der Waals surface area (Å²) < 4.78 is 0. The maximum Gasteiger partial charge on any atom is 0.256 e. The lowest BCUT2D eigenvalue weighted by molar-refractivity contribution is 0.0610. The van der Waals surface area contributed by atoms with Crippen LogP contribution in [0.3, 0.4) is 0 Å². The summed E-state index contributed by atoms with van der Waals surface area (Å²) in [7, 11) is 0. The molecule has 0 radical (unpaired) electrons. The molecule has 0 bridgehead atoms. The van der Waals surface area contributed by atoms with Crippen LogP contribution in [0.15, 0.2) is 24.5 Å². The van der Waals surface area contributed by atoms with Gasteiger partial charge >= 0.3 is 0 Å².